The van der Waals surface area contributed by atoms with Crippen molar-refractivity contribution in [2.75, 3.05) is 5.32 Å². The molecule has 1 aliphatic rings. The van der Waals surface area contributed by atoms with Crippen molar-refractivity contribution in [3.05, 3.63) is 131 Å². The van der Waals surface area contributed by atoms with Crippen LogP contribution in [0.25, 0.3) is 60.9 Å². The summed E-state index contributed by atoms with van der Waals surface area (Å²) in [6.45, 7) is 0. The Kier molecular flexibility index (Phi) is 5.17. The molecule has 2 nitrogen and oxygen atoms in total. The lowest BCUT2D eigenvalue weighted by molar-refractivity contribution is 0.954. The first-order valence-corrected chi connectivity index (χ1v) is 14.3. The van der Waals surface area contributed by atoms with E-state index in [0.717, 1.165) is 12.1 Å². The molecule has 2 heterocycles. The van der Waals surface area contributed by atoms with E-state index in [2.05, 4.69) is 143 Å². The second kappa shape index (κ2) is 9.00. The molecule has 0 radical (unpaired) electrons. The fourth-order valence-electron chi connectivity index (χ4n) is 5.99. The van der Waals surface area contributed by atoms with Gasteiger partial charge in [0.1, 0.15) is 0 Å². The highest BCUT2D eigenvalue weighted by atomic mass is 32.1. The van der Waals surface area contributed by atoms with Gasteiger partial charge in [-0.05, 0) is 71.3 Å². The minimum absolute atomic E-state index is 0.293. The molecule has 0 bridgehead atoms. The quantitative estimate of drug-likeness (QED) is 0.249. The number of hydrogen-bond acceptors (Lipinski definition) is 2. The molecule has 2 aromatic heterocycles. The van der Waals surface area contributed by atoms with E-state index in [4.69, 9.17) is 0 Å². The van der Waals surface area contributed by atoms with Gasteiger partial charge in [0.15, 0.2) is 0 Å². The van der Waals surface area contributed by atoms with Crippen LogP contribution in [0.15, 0.2) is 121 Å². The van der Waals surface area contributed by atoms with Gasteiger partial charge in [0.25, 0.3) is 0 Å². The lowest BCUT2D eigenvalue weighted by atomic mass is 10.0. The first-order chi connectivity index (χ1) is 19.3. The molecule has 0 amide bonds. The van der Waals surface area contributed by atoms with Gasteiger partial charge in [-0.1, -0.05) is 84.9 Å². The van der Waals surface area contributed by atoms with Crippen LogP contribution in [0.3, 0.4) is 0 Å². The van der Waals surface area contributed by atoms with Gasteiger partial charge in [0, 0.05) is 42.8 Å². The maximum absolute atomic E-state index is 3.74. The number of nitrogens with one attached hydrogen (secondary N) is 1. The summed E-state index contributed by atoms with van der Waals surface area (Å²) < 4.78 is 5.12. The van der Waals surface area contributed by atoms with Crippen molar-refractivity contribution < 1.29 is 0 Å². The SMILES string of the molecule is C1=c2sc3ccccc3c2=CC(Nc2ccc(-c3ccc4c(c3)c3ccccc3n4-c3ccccc3)cc2)C1. The van der Waals surface area contributed by atoms with Crippen molar-refractivity contribution in [1.82, 2.24) is 4.57 Å². The summed E-state index contributed by atoms with van der Waals surface area (Å²) in [5, 5.41) is 9.04. The molecule has 186 valence electrons. The van der Waals surface area contributed by atoms with Crippen molar-refractivity contribution in [2.24, 2.45) is 0 Å². The molecule has 1 N–H and O–H groups in total. The van der Waals surface area contributed by atoms with Crippen molar-refractivity contribution in [3.8, 4) is 16.8 Å². The standard InChI is InChI=1S/C36H26N2S/c1-2-8-28(9-3-1)38-33-12-6-4-10-29(33)31-22-25(16-20-34(31)38)24-14-17-26(18-15-24)37-27-19-21-36-32(23-27)30-11-5-7-13-35(30)39-36/h1-18,20-23,27,37H,19H2. The fraction of sp³-hybridized carbons (Fsp3) is 0.0556. The maximum atomic E-state index is 3.74. The lowest BCUT2D eigenvalue weighted by Crippen LogP contribution is -2.30. The smallest absolute Gasteiger partial charge is 0.0541 e. The van der Waals surface area contributed by atoms with Crippen LogP contribution in [0.5, 0.6) is 0 Å². The van der Waals surface area contributed by atoms with E-state index in [1.165, 1.54) is 58.5 Å². The largest absolute Gasteiger partial charge is 0.378 e. The Morgan fingerprint density at radius 1 is 0.641 bits per heavy atom. The monoisotopic (exact) mass is 518 g/mol. The normalized spacial score (nSPS) is 14.7. The molecule has 8 rings (SSSR count). The van der Waals surface area contributed by atoms with Crippen LogP contribution in [0, 0.1) is 0 Å². The van der Waals surface area contributed by atoms with Crippen LogP contribution >= 0.6 is 11.3 Å². The third-order valence-corrected chi connectivity index (χ3v) is 9.03. The molecular formula is C36H26N2S. The maximum Gasteiger partial charge on any atom is 0.0541 e. The van der Waals surface area contributed by atoms with Gasteiger partial charge in [0.2, 0.25) is 0 Å². The summed E-state index contributed by atoms with van der Waals surface area (Å²) in [6, 6.07) is 44.1. The minimum Gasteiger partial charge on any atom is -0.378 e. The first-order valence-electron chi connectivity index (χ1n) is 13.5. The molecule has 7 aromatic rings. The van der Waals surface area contributed by atoms with Crippen molar-refractivity contribution in [1.29, 1.82) is 0 Å². The van der Waals surface area contributed by atoms with Gasteiger partial charge in [-0.25, -0.2) is 0 Å². The summed E-state index contributed by atoms with van der Waals surface area (Å²) in [4.78, 5) is 0. The Balaban J connectivity index is 1.12. The molecule has 0 fully saturated rings. The van der Waals surface area contributed by atoms with E-state index >= 15 is 0 Å². The molecular weight excluding hydrogens is 492 g/mol. The van der Waals surface area contributed by atoms with Crippen LogP contribution in [0.1, 0.15) is 6.42 Å². The van der Waals surface area contributed by atoms with E-state index in [1.54, 1.807) is 0 Å². The second-order valence-electron chi connectivity index (χ2n) is 10.2. The highest BCUT2D eigenvalue weighted by Gasteiger charge is 2.14. The molecule has 0 saturated heterocycles. The zero-order valence-corrected chi connectivity index (χ0v) is 22.2. The number of fused-ring (bicyclic) bond motifs is 6. The van der Waals surface area contributed by atoms with Gasteiger partial charge in [-0.15, -0.1) is 11.3 Å². The zero-order chi connectivity index (χ0) is 25.8. The van der Waals surface area contributed by atoms with Crippen molar-refractivity contribution >= 4 is 61.1 Å². The number of anilines is 1. The summed E-state index contributed by atoms with van der Waals surface area (Å²) in [5.74, 6) is 0. The Morgan fingerprint density at radius 3 is 2.23 bits per heavy atom. The Morgan fingerprint density at radius 2 is 1.36 bits per heavy atom. The molecule has 1 atom stereocenters. The summed E-state index contributed by atoms with van der Waals surface area (Å²) in [5.41, 5.74) is 7.26. The van der Waals surface area contributed by atoms with Crippen LogP contribution in [-0.2, 0) is 0 Å². The number of benzene rings is 5. The lowest BCUT2D eigenvalue weighted by Gasteiger charge is -2.17. The van der Waals surface area contributed by atoms with Gasteiger partial charge in [-0.2, -0.15) is 0 Å². The molecule has 39 heavy (non-hydrogen) atoms. The number of aromatic nitrogens is 1. The topological polar surface area (TPSA) is 17.0 Å². The number of nitrogens with zero attached hydrogens (tertiary/aromatic N) is 1. The van der Waals surface area contributed by atoms with Crippen LogP contribution < -0.4 is 15.1 Å². The van der Waals surface area contributed by atoms with E-state index in [9.17, 15) is 0 Å². The zero-order valence-electron chi connectivity index (χ0n) is 21.3. The molecule has 0 spiro atoms. The molecule has 0 aliphatic heterocycles. The third kappa shape index (κ3) is 3.77. The van der Waals surface area contributed by atoms with E-state index in [-0.39, 0.29) is 0 Å². The fourth-order valence-corrected chi connectivity index (χ4v) is 7.13. The van der Waals surface area contributed by atoms with E-state index in [0.29, 0.717) is 6.04 Å². The average Bonchev–Trinajstić information content (AvgIpc) is 3.53. The molecule has 0 saturated carbocycles. The second-order valence-corrected chi connectivity index (χ2v) is 11.3. The predicted molar refractivity (Wildman–Crippen MR) is 168 cm³/mol. The molecule has 1 aliphatic carbocycles. The van der Waals surface area contributed by atoms with Crippen molar-refractivity contribution in [2.45, 2.75) is 12.5 Å². The Labute approximate surface area is 230 Å². The van der Waals surface area contributed by atoms with Crippen LogP contribution in [0.2, 0.25) is 0 Å². The summed E-state index contributed by atoms with van der Waals surface area (Å²) in [6.07, 6.45) is 5.79. The average molecular weight is 519 g/mol. The molecule has 3 heteroatoms. The van der Waals surface area contributed by atoms with Gasteiger partial charge in [0.05, 0.1) is 11.0 Å². The number of hydrogen-bond donors (Lipinski definition) is 1. The van der Waals surface area contributed by atoms with Gasteiger partial charge in [-0.3, -0.25) is 0 Å². The highest BCUT2D eigenvalue weighted by molar-refractivity contribution is 7.17. The van der Waals surface area contributed by atoms with Crippen LogP contribution in [0.4, 0.5) is 5.69 Å². The third-order valence-electron chi connectivity index (χ3n) is 7.84. The first kappa shape index (κ1) is 22.4. The molecule has 5 aromatic carbocycles. The minimum atomic E-state index is 0.293. The van der Waals surface area contributed by atoms with Gasteiger partial charge < -0.3 is 9.88 Å². The van der Waals surface area contributed by atoms with Gasteiger partial charge >= 0.3 is 0 Å². The Bertz CT molecular complexity index is 2120. The number of thiophene rings is 1. The van der Waals surface area contributed by atoms with Crippen molar-refractivity contribution in [3.63, 3.8) is 0 Å². The number of para-hydroxylation sites is 2. The van der Waals surface area contributed by atoms with E-state index < -0.39 is 0 Å². The highest BCUT2D eigenvalue weighted by Crippen LogP contribution is 2.35. The summed E-state index contributed by atoms with van der Waals surface area (Å²) in [7, 11) is 0. The predicted octanol–water partition coefficient (Wildman–Crippen LogP) is 8.11. The number of rotatable bonds is 4. The Hall–Kier alpha value is -4.60. The van der Waals surface area contributed by atoms with E-state index in [1.807, 2.05) is 11.3 Å². The summed E-state index contributed by atoms with van der Waals surface area (Å²) >= 11 is 1.89. The van der Waals surface area contributed by atoms with Crippen LogP contribution in [-0.4, -0.2) is 10.6 Å². The molecule has 1 unspecified atom stereocenters.